The first kappa shape index (κ1) is 15.8. The van der Waals surface area contributed by atoms with E-state index < -0.39 is 0 Å². The van der Waals surface area contributed by atoms with Crippen LogP contribution in [0.5, 0.6) is 5.75 Å². The van der Waals surface area contributed by atoms with Crippen molar-refractivity contribution in [2.45, 2.75) is 19.3 Å². The van der Waals surface area contributed by atoms with Crippen molar-refractivity contribution in [2.75, 3.05) is 46.6 Å². The molecule has 0 radical (unpaired) electrons. The Kier molecular flexibility index (Phi) is 5.01. The molecule has 3 rings (SSSR count). The van der Waals surface area contributed by atoms with Gasteiger partial charge in [-0.1, -0.05) is 12.1 Å². The Morgan fingerprint density at radius 2 is 1.91 bits per heavy atom. The molecule has 0 spiro atoms. The molecule has 2 fully saturated rings. The molecule has 0 aliphatic carbocycles. The molecule has 0 amide bonds. The van der Waals surface area contributed by atoms with E-state index in [1.54, 1.807) is 7.11 Å². The number of ether oxygens (including phenoxy) is 2. The molecule has 1 N–H and O–H groups in total. The molecule has 2 aliphatic rings. The monoisotopic (exact) mass is 305 g/mol. The van der Waals surface area contributed by atoms with Gasteiger partial charge in [0.2, 0.25) is 0 Å². The van der Waals surface area contributed by atoms with Crippen molar-refractivity contribution in [1.82, 2.24) is 4.90 Å². The maximum absolute atomic E-state index is 9.54. The Hall–Kier alpha value is -1.10. The van der Waals surface area contributed by atoms with Crippen LogP contribution >= 0.6 is 0 Å². The lowest BCUT2D eigenvalue weighted by molar-refractivity contribution is -0.150. The maximum Gasteiger partial charge on any atom is 0.118 e. The molecule has 2 heterocycles. The third kappa shape index (κ3) is 3.62. The number of hydrogen-bond donors (Lipinski definition) is 1. The standard InChI is InChI=1S/C18H27NO3/c1-21-17-4-2-15(3-5-17)10-16-6-8-19(9-7-16)11-18(12-20)13-22-14-18/h2-5,16,20H,6-14H2,1H3. The van der Waals surface area contributed by atoms with Gasteiger partial charge in [-0.3, -0.25) is 0 Å². The Morgan fingerprint density at radius 1 is 1.23 bits per heavy atom. The molecular formula is C18H27NO3. The fraction of sp³-hybridized carbons (Fsp3) is 0.667. The van der Waals surface area contributed by atoms with Crippen molar-refractivity contribution in [2.24, 2.45) is 11.3 Å². The van der Waals surface area contributed by atoms with Gasteiger partial charge in [0.05, 0.1) is 32.3 Å². The second-order valence-corrected chi connectivity index (χ2v) is 6.92. The van der Waals surface area contributed by atoms with E-state index in [-0.39, 0.29) is 12.0 Å². The Morgan fingerprint density at radius 3 is 2.41 bits per heavy atom. The number of piperidine rings is 1. The van der Waals surface area contributed by atoms with Gasteiger partial charge in [0.25, 0.3) is 0 Å². The lowest BCUT2D eigenvalue weighted by Gasteiger charge is -2.45. The molecular weight excluding hydrogens is 278 g/mol. The molecule has 4 nitrogen and oxygen atoms in total. The molecule has 0 unspecified atom stereocenters. The largest absolute Gasteiger partial charge is 0.497 e. The van der Waals surface area contributed by atoms with Gasteiger partial charge in [-0.2, -0.15) is 0 Å². The molecule has 0 aromatic heterocycles. The smallest absolute Gasteiger partial charge is 0.118 e. The van der Waals surface area contributed by atoms with E-state index in [0.717, 1.165) is 50.9 Å². The number of likely N-dealkylation sites (tertiary alicyclic amines) is 1. The van der Waals surface area contributed by atoms with Gasteiger partial charge in [-0.25, -0.2) is 0 Å². The highest BCUT2D eigenvalue weighted by Crippen LogP contribution is 2.30. The van der Waals surface area contributed by atoms with E-state index in [4.69, 9.17) is 9.47 Å². The highest BCUT2D eigenvalue weighted by atomic mass is 16.5. The second kappa shape index (κ2) is 6.99. The quantitative estimate of drug-likeness (QED) is 0.872. The van der Waals surface area contributed by atoms with E-state index in [1.807, 2.05) is 12.1 Å². The summed E-state index contributed by atoms with van der Waals surface area (Å²) in [6, 6.07) is 8.45. The van der Waals surface area contributed by atoms with Crippen LogP contribution in [-0.4, -0.2) is 56.6 Å². The zero-order valence-electron chi connectivity index (χ0n) is 13.5. The first-order valence-electron chi connectivity index (χ1n) is 8.27. The van der Waals surface area contributed by atoms with Crippen molar-refractivity contribution in [3.05, 3.63) is 29.8 Å². The third-order valence-electron chi connectivity index (χ3n) is 5.10. The minimum Gasteiger partial charge on any atom is -0.497 e. The lowest BCUT2D eigenvalue weighted by atomic mass is 9.84. The molecule has 4 heteroatoms. The summed E-state index contributed by atoms with van der Waals surface area (Å²) in [6.45, 7) is 4.95. The molecule has 0 bridgehead atoms. The fourth-order valence-corrected chi connectivity index (χ4v) is 3.54. The van der Waals surface area contributed by atoms with Crippen molar-refractivity contribution < 1.29 is 14.6 Å². The van der Waals surface area contributed by atoms with Crippen molar-refractivity contribution in [3.8, 4) is 5.75 Å². The van der Waals surface area contributed by atoms with Gasteiger partial charge < -0.3 is 19.5 Å². The van der Waals surface area contributed by atoms with Crippen LogP contribution in [0.3, 0.4) is 0 Å². The highest BCUT2D eigenvalue weighted by molar-refractivity contribution is 5.27. The summed E-state index contributed by atoms with van der Waals surface area (Å²) in [4.78, 5) is 2.50. The Bertz CT molecular complexity index is 456. The van der Waals surface area contributed by atoms with Crippen LogP contribution in [0.4, 0.5) is 0 Å². The van der Waals surface area contributed by atoms with Gasteiger partial charge >= 0.3 is 0 Å². The predicted molar refractivity (Wildman–Crippen MR) is 86.2 cm³/mol. The molecule has 0 atom stereocenters. The first-order valence-corrected chi connectivity index (χ1v) is 8.27. The SMILES string of the molecule is COc1ccc(CC2CCN(CC3(CO)COC3)CC2)cc1. The van der Waals surface area contributed by atoms with E-state index in [2.05, 4.69) is 17.0 Å². The third-order valence-corrected chi connectivity index (χ3v) is 5.10. The maximum atomic E-state index is 9.54. The minimum absolute atomic E-state index is 0.0167. The summed E-state index contributed by atoms with van der Waals surface area (Å²) in [7, 11) is 1.71. The average Bonchev–Trinajstić information content (AvgIpc) is 2.53. The number of aliphatic hydroxyl groups is 1. The van der Waals surface area contributed by atoms with Gasteiger partial charge in [0.1, 0.15) is 5.75 Å². The number of benzene rings is 1. The number of rotatable bonds is 6. The summed E-state index contributed by atoms with van der Waals surface area (Å²) in [5.41, 5.74) is 1.42. The normalized spacial score (nSPS) is 22.3. The number of aliphatic hydroxyl groups excluding tert-OH is 1. The van der Waals surface area contributed by atoms with E-state index in [0.29, 0.717) is 0 Å². The summed E-state index contributed by atoms with van der Waals surface area (Å²) < 4.78 is 10.5. The lowest BCUT2D eigenvalue weighted by Crippen LogP contribution is -2.54. The van der Waals surface area contributed by atoms with Crippen molar-refractivity contribution >= 4 is 0 Å². The summed E-state index contributed by atoms with van der Waals surface area (Å²) in [6.07, 6.45) is 3.65. The summed E-state index contributed by atoms with van der Waals surface area (Å²) in [5, 5.41) is 9.54. The molecule has 122 valence electrons. The van der Waals surface area contributed by atoms with E-state index in [9.17, 15) is 5.11 Å². The Labute approximate surface area is 133 Å². The van der Waals surface area contributed by atoms with Gasteiger partial charge in [0, 0.05) is 6.54 Å². The van der Waals surface area contributed by atoms with Crippen LogP contribution in [0.2, 0.25) is 0 Å². The summed E-state index contributed by atoms with van der Waals surface area (Å²) in [5.74, 6) is 1.70. The average molecular weight is 305 g/mol. The van der Waals surface area contributed by atoms with Gasteiger partial charge in [-0.05, 0) is 56.0 Å². The van der Waals surface area contributed by atoms with Crippen molar-refractivity contribution in [3.63, 3.8) is 0 Å². The van der Waals surface area contributed by atoms with Crippen LogP contribution in [0.1, 0.15) is 18.4 Å². The molecule has 1 aromatic rings. The first-order chi connectivity index (χ1) is 10.7. The van der Waals surface area contributed by atoms with Crippen LogP contribution in [0.25, 0.3) is 0 Å². The van der Waals surface area contributed by atoms with Crippen LogP contribution < -0.4 is 4.74 Å². The Balaban J connectivity index is 1.45. The molecule has 1 aromatic carbocycles. The zero-order valence-corrected chi connectivity index (χ0v) is 13.5. The van der Waals surface area contributed by atoms with Crippen molar-refractivity contribution in [1.29, 1.82) is 0 Å². The highest BCUT2D eigenvalue weighted by Gasteiger charge is 2.40. The van der Waals surface area contributed by atoms with E-state index in [1.165, 1.54) is 18.4 Å². The molecule has 2 saturated heterocycles. The number of methoxy groups -OCH3 is 1. The zero-order chi connectivity index (χ0) is 15.4. The van der Waals surface area contributed by atoms with Gasteiger partial charge in [-0.15, -0.1) is 0 Å². The second-order valence-electron chi connectivity index (χ2n) is 6.92. The molecule has 22 heavy (non-hydrogen) atoms. The molecule has 2 aliphatic heterocycles. The molecule has 0 saturated carbocycles. The van der Waals surface area contributed by atoms with Crippen LogP contribution in [0, 0.1) is 11.3 Å². The van der Waals surface area contributed by atoms with E-state index >= 15 is 0 Å². The number of hydrogen-bond acceptors (Lipinski definition) is 4. The number of nitrogens with zero attached hydrogens (tertiary/aromatic N) is 1. The minimum atomic E-state index is 0.0167. The topological polar surface area (TPSA) is 41.9 Å². The summed E-state index contributed by atoms with van der Waals surface area (Å²) >= 11 is 0. The van der Waals surface area contributed by atoms with Crippen LogP contribution in [0.15, 0.2) is 24.3 Å². The van der Waals surface area contributed by atoms with Gasteiger partial charge in [0.15, 0.2) is 0 Å². The van der Waals surface area contributed by atoms with Crippen LogP contribution in [-0.2, 0) is 11.2 Å². The predicted octanol–water partition coefficient (Wildman–Crippen LogP) is 1.96. The fourth-order valence-electron chi connectivity index (χ4n) is 3.54.